The van der Waals surface area contributed by atoms with Gasteiger partial charge in [0.05, 0.1) is 0 Å². The molecule has 1 aliphatic heterocycles. The van der Waals surface area contributed by atoms with Crippen molar-refractivity contribution in [3.05, 3.63) is 35.4 Å². The summed E-state index contributed by atoms with van der Waals surface area (Å²) in [6.45, 7) is 7.32. The zero-order valence-electron chi connectivity index (χ0n) is 12.1. The highest BCUT2D eigenvalue weighted by Gasteiger charge is 2.21. The molecule has 1 unspecified atom stereocenters. The zero-order chi connectivity index (χ0) is 13.1. The van der Waals surface area contributed by atoms with Crippen LogP contribution >= 0.6 is 0 Å². The fourth-order valence-corrected chi connectivity index (χ4v) is 3.45. The second-order valence-electron chi connectivity index (χ2n) is 6.27. The lowest BCUT2D eigenvalue weighted by Gasteiger charge is -2.30. The van der Waals surface area contributed by atoms with Gasteiger partial charge in [-0.25, -0.2) is 0 Å². The smallest absolute Gasteiger partial charge is 0.0326 e. The van der Waals surface area contributed by atoms with E-state index >= 15 is 0 Å². The van der Waals surface area contributed by atoms with Crippen molar-refractivity contribution in [2.75, 3.05) is 26.2 Å². The van der Waals surface area contributed by atoms with Gasteiger partial charge in [-0.15, -0.1) is 0 Å². The van der Waals surface area contributed by atoms with Crippen LogP contribution in [0.15, 0.2) is 24.3 Å². The number of hydrogen-bond acceptors (Lipinski definition) is 2. The number of rotatable bonds is 4. The fourth-order valence-electron chi connectivity index (χ4n) is 3.45. The van der Waals surface area contributed by atoms with Gasteiger partial charge in [-0.2, -0.15) is 0 Å². The number of aryl methyl sites for hydroxylation is 1. The van der Waals surface area contributed by atoms with Crippen LogP contribution in [0.1, 0.15) is 43.4 Å². The zero-order valence-corrected chi connectivity index (χ0v) is 12.1. The van der Waals surface area contributed by atoms with Crippen LogP contribution in [0.4, 0.5) is 0 Å². The summed E-state index contributed by atoms with van der Waals surface area (Å²) in [7, 11) is 0. The highest BCUT2D eigenvalue weighted by atomic mass is 15.1. The summed E-state index contributed by atoms with van der Waals surface area (Å²) in [6, 6.07) is 9.51. The number of benzene rings is 1. The molecule has 2 nitrogen and oxygen atoms in total. The van der Waals surface area contributed by atoms with Crippen LogP contribution in [-0.4, -0.2) is 31.1 Å². The first-order valence-electron chi connectivity index (χ1n) is 7.86. The van der Waals surface area contributed by atoms with Gasteiger partial charge in [0.15, 0.2) is 0 Å². The van der Waals surface area contributed by atoms with Crippen LogP contribution in [0.25, 0.3) is 0 Å². The molecule has 2 heteroatoms. The van der Waals surface area contributed by atoms with Crippen molar-refractivity contribution in [1.29, 1.82) is 0 Å². The summed E-state index contributed by atoms with van der Waals surface area (Å²) in [4.78, 5) is 2.62. The van der Waals surface area contributed by atoms with Gasteiger partial charge in [-0.3, -0.25) is 0 Å². The van der Waals surface area contributed by atoms with E-state index in [-0.39, 0.29) is 0 Å². The lowest BCUT2D eigenvalue weighted by molar-refractivity contribution is 0.191. The maximum atomic E-state index is 3.75. The van der Waals surface area contributed by atoms with Gasteiger partial charge in [0.1, 0.15) is 0 Å². The number of nitrogens with zero attached hydrogens (tertiary/aromatic N) is 1. The molecule has 1 saturated heterocycles. The second kappa shape index (κ2) is 6.06. The van der Waals surface area contributed by atoms with Crippen LogP contribution < -0.4 is 5.32 Å². The molecule has 0 saturated carbocycles. The molecular weight excluding hydrogens is 232 g/mol. The van der Waals surface area contributed by atoms with E-state index in [0.29, 0.717) is 6.04 Å². The predicted molar refractivity (Wildman–Crippen MR) is 80.3 cm³/mol. The van der Waals surface area contributed by atoms with Gasteiger partial charge in [0.2, 0.25) is 0 Å². The van der Waals surface area contributed by atoms with Gasteiger partial charge in [0, 0.05) is 19.1 Å². The minimum absolute atomic E-state index is 0.597. The number of hydrogen-bond donors (Lipinski definition) is 1. The van der Waals surface area contributed by atoms with Crippen molar-refractivity contribution in [3.8, 4) is 0 Å². The largest absolute Gasteiger partial charge is 0.309 e. The molecule has 0 amide bonds. The van der Waals surface area contributed by atoms with Crippen molar-refractivity contribution in [3.63, 3.8) is 0 Å². The molecule has 0 aromatic heterocycles. The van der Waals surface area contributed by atoms with E-state index in [1.54, 1.807) is 5.56 Å². The van der Waals surface area contributed by atoms with Crippen molar-refractivity contribution >= 4 is 0 Å². The highest BCUT2D eigenvalue weighted by molar-refractivity contribution is 5.34. The Morgan fingerprint density at radius 3 is 2.79 bits per heavy atom. The van der Waals surface area contributed by atoms with E-state index in [9.17, 15) is 0 Å². The van der Waals surface area contributed by atoms with Crippen LogP contribution in [0.5, 0.6) is 0 Å². The lowest BCUT2D eigenvalue weighted by Crippen LogP contribution is -2.38. The Bertz CT molecular complexity index is 407. The molecule has 3 rings (SSSR count). The number of likely N-dealkylation sites (tertiary alicyclic amines) is 1. The third-order valence-electron chi connectivity index (χ3n) is 4.83. The Hall–Kier alpha value is -0.860. The van der Waals surface area contributed by atoms with E-state index in [1.165, 1.54) is 50.9 Å². The summed E-state index contributed by atoms with van der Waals surface area (Å²) < 4.78 is 0. The minimum Gasteiger partial charge on any atom is -0.309 e. The summed E-state index contributed by atoms with van der Waals surface area (Å²) in [5.41, 5.74) is 3.08. The number of nitrogens with one attached hydrogen (secondary N) is 1. The Balaban J connectivity index is 1.44. The summed E-state index contributed by atoms with van der Waals surface area (Å²) in [6.07, 6.45) is 5.28. The maximum Gasteiger partial charge on any atom is 0.0326 e. The third kappa shape index (κ3) is 3.18. The Morgan fingerprint density at radius 2 is 1.95 bits per heavy atom. The van der Waals surface area contributed by atoms with E-state index in [0.717, 1.165) is 12.5 Å². The van der Waals surface area contributed by atoms with E-state index in [4.69, 9.17) is 0 Å². The third-order valence-corrected chi connectivity index (χ3v) is 4.83. The van der Waals surface area contributed by atoms with Crippen molar-refractivity contribution in [2.24, 2.45) is 5.92 Å². The first-order valence-corrected chi connectivity index (χ1v) is 7.86. The van der Waals surface area contributed by atoms with E-state index in [1.807, 2.05) is 0 Å². The summed E-state index contributed by atoms with van der Waals surface area (Å²) in [5.74, 6) is 0.936. The van der Waals surface area contributed by atoms with Gasteiger partial charge in [-0.1, -0.05) is 31.2 Å². The quantitative estimate of drug-likeness (QED) is 0.893. The topological polar surface area (TPSA) is 15.3 Å². The Kier molecular flexibility index (Phi) is 4.19. The molecule has 1 N–H and O–H groups in total. The highest BCUT2D eigenvalue weighted by Crippen LogP contribution is 2.30. The summed E-state index contributed by atoms with van der Waals surface area (Å²) in [5, 5.41) is 3.75. The van der Waals surface area contributed by atoms with Crippen molar-refractivity contribution in [1.82, 2.24) is 10.2 Å². The maximum absolute atomic E-state index is 3.75. The standard InChI is InChI=1S/C17H26N2/c1-14-8-11-19(12-9-14)13-10-18-17-7-6-15-4-2-3-5-16(15)17/h2-5,14,17-18H,6-13H2,1H3. The second-order valence-corrected chi connectivity index (χ2v) is 6.27. The Morgan fingerprint density at radius 1 is 1.16 bits per heavy atom. The minimum atomic E-state index is 0.597. The van der Waals surface area contributed by atoms with Gasteiger partial charge in [-0.05, 0) is 55.8 Å². The number of fused-ring (bicyclic) bond motifs is 1. The van der Waals surface area contributed by atoms with Crippen molar-refractivity contribution < 1.29 is 0 Å². The SMILES string of the molecule is CC1CCN(CCNC2CCc3ccccc32)CC1. The molecule has 19 heavy (non-hydrogen) atoms. The molecule has 0 radical (unpaired) electrons. The summed E-state index contributed by atoms with van der Waals surface area (Å²) >= 11 is 0. The Labute approximate surface area is 117 Å². The monoisotopic (exact) mass is 258 g/mol. The molecule has 1 aromatic carbocycles. The average Bonchev–Trinajstić information content (AvgIpc) is 2.85. The molecule has 1 aliphatic carbocycles. The first-order chi connectivity index (χ1) is 9.33. The molecule has 1 aromatic rings. The first kappa shape index (κ1) is 13.1. The molecule has 0 bridgehead atoms. The van der Waals surface area contributed by atoms with Gasteiger partial charge >= 0.3 is 0 Å². The van der Waals surface area contributed by atoms with Crippen molar-refractivity contribution in [2.45, 2.75) is 38.6 Å². The van der Waals surface area contributed by atoms with E-state index in [2.05, 4.69) is 41.4 Å². The molecule has 1 heterocycles. The molecule has 2 aliphatic rings. The average molecular weight is 258 g/mol. The molecule has 1 atom stereocenters. The van der Waals surface area contributed by atoms with Crippen LogP contribution in [0.2, 0.25) is 0 Å². The molecule has 0 spiro atoms. The van der Waals surface area contributed by atoms with Crippen LogP contribution in [-0.2, 0) is 6.42 Å². The van der Waals surface area contributed by atoms with Crippen LogP contribution in [0, 0.1) is 5.92 Å². The molecule has 1 fully saturated rings. The van der Waals surface area contributed by atoms with Crippen LogP contribution in [0.3, 0.4) is 0 Å². The van der Waals surface area contributed by atoms with Gasteiger partial charge in [0.25, 0.3) is 0 Å². The van der Waals surface area contributed by atoms with E-state index < -0.39 is 0 Å². The lowest BCUT2D eigenvalue weighted by atomic mass is 9.99. The normalized spacial score (nSPS) is 24.6. The molecule has 104 valence electrons. The predicted octanol–water partition coefficient (Wildman–Crippen LogP) is 3.00. The number of piperidine rings is 1. The fraction of sp³-hybridized carbons (Fsp3) is 0.647. The van der Waals surface area contributed by atoms with Gasteiger partial charge < -0.3 is 10.2 Å². The molecular formula is C17H26N2.